The highest BCUT2D eigenvalue weighted by molar-refractivity contribution is 7.16. The first kappa shape index (κ1) is 20.8. The van der Waals surface area contributed by atoms with Crippen molar-refractivity contribution in [2.24, 2.45) is 0 Å². The minimum absolute atomic E-state index is 0.0409. The molecule has 0 saturated carbocycles. The molecule has 0 fully saturated rings. The maximum Gasteiger partial charge on any atom is 0.224 e. The Labute approximate surface area is 194 Å². The van der Waals surface area contributed by atoms with Crippen molar-refractivity contribution in [3.8, 4) is 11.5 Å². The molecule has 0 radical (unpaired) electrons. The summed E-state index contributed by atoms with van der Waals surface area (Å²) in [6.07, 6.45) is 1.94. The van der Waals surface area contributed by atoms with Crippen molar-refractivity contribution in [1.29, 1.82) is 0 Å². The van der Waals surface area contributed by atoms with Crippen LogP contribution in [0.3, 0.4) is 0 Å². The molecule has 2 N–H and O–H groups in total. The Balaban J connectivity index is 1.39. The number of nitrogens with one attached hydrogen (secondary N) is 2. The maximum atomic E-state index is 11.8. The number of anilines is 3. The summed E-state index contributed by atoms with van der Waals surface area (Å²) < 4.78 is 7.23. The van der Waals surface area contributed by atoms with Crippen LogP contribution in [-0.4, -0.2) is 20.9 Å². The van der Waals surface area contributed by atoms with Crippen molar-refractivity contribution in [2.45, 2.75) is 20.3 Å². The molecule has 7 nitrogen and oxygen atoms in total. The minimum Gasteiger partial charge on any atom is -0.457 e. The molecular weight excluding hydrogens is 434 g/mol. The SMILES string of the molecule is CCC(=O)Nc1ccc2ncnc(Nc3ccc(Oc4ccc5scnc5c4)c(C)c3)c2c1. The zero-order chi connectivity index (χ0) is 22.8. The fourth-order valence-electron chi connectivity index (χ4n) is 3.49. The molecule has 0 unspecified atom stereocenters. The molecule has 0 saturated heterocycles. The van der Waals surface area contributed by atoms with Crippen LogP contribution < -0.4 is 15.4 Å². The van der Waals surface area contributed by atoms with Crippen LogP contribution in [0.15, 0.2) is 66.4 Å². The van der Waals surface area contributed by atoms with E-state index in [9.17, 15) is 4.79 Å². The van der Waals surface area contributed by atoms with Gasteiger partial charge < -0.3 is 15.4 Å². The summed E-state index contributed by atoms with van der Waals surface area (Å²) in [5, 5.41) is 7.07. The molecule has 33 heavy (non-hydrogen) atoms. The third kappa shape index (κ3) is 4.47. The van der Waals surface area contributed by atoms with Crippen molar-refractivity contribution in [2.75, 3.05) is 10.6 Å². The Morgan fingerprint density at radius 3 is 2.70 bits per heavy atom. The third-order valence-electron chi connectivity index (χ3n) is 5.21. The van der Waals surface area contributed by atoms with Gasteiger partial charge in [0.25, 0.3) is 0 Å². The number of rotatable bonds is 6. The summed E-state index contributed by atoms with van der Waals surface area (Å²) in [4.78, 5) is 24.9. The monoisotopic (exact) mass is 455 g/mol. The lowest BCUT2D eigenvalue weighted by atomic mass is 10.1. The number of nitrogens with zero attached hydrogens (tertiary/aromatic N) is 3. The van der Waals surface area contributed by atoms with E-state index in [-0.39, 0.29) is 5.91 Å². The molecule has 2 aromatic heterocycles. The summed E-state index contributed by atoms with van der Waals surface area (Å²) in [5.41, 5.74) is 6.11. The first-order valence-corrected chi connectivity index (χ1v) is 11.4. The largest absolute Gasteiger partial charge is 0.457 e. The number of amides is 1. The second-order valence-electron chi connectivity index (χ2n) is 7.55. The normalized spacial score (nSPS) is 11.0. The van der Waals surface area contributed by atoms with Crippen LogP contribution in [0.5, 0.6) is 11.5 Å². The van der Waals surface area contributed by atoms with E-state index in [1.165, 1.54) is 6.33 Å². The number of carbonyl (C=O) groups is 1. The number of fused-ring (bicyclic) bond motifs is 2. The predicted octanol–water partition coefficient (Wildman–Crippen LogP) is 6.43. The van der Waals surface area contributed by atoms with E-state index in [1.807, 2.05) is 74.0 Å². The standard InChI is InChI=1S/C25H21N5O2S/c1-3-24(31)29-17-4-7-20-19(11-17)25(27-13-26-20)30-16-5-8-22(15(2)10-16)32-18-6-9-23-21(12-18)28-14-33-23/h4-14H,3H2,1-2H3,(H,29,31)(H,26,27,30). The summed E-state index contributed by atoms with van der Waals surface area (Å²) in [6, 6.07) is 17.4. The molecule has 3 aromatic carbocycles. The lowest BCUT2D eigenvalue weighted by Crippen LogP contribution is -2.09. The highest BCUT2D eigenvalue weighted by atomic mass is 32.1. The van der Waals surface area contributed by atoms with Crippen LogP contribution >= 0.6 is 11.3 Å². The number of thiazole rings is 1. The van der Waals surface area contributed by atoms with Gasteiger partial charge in [0.05, 0.1) is 21.2 Å². The third-order valence-corrected chi connectivity index (χ3v) is 6.02. The second kappa shape index (κ2) is 8.84. The maximum absolute atomic E-state index is 11.8. The van der Waals surface area contributed by atoms with E-state index in [0.717, 1.165) is 43.9 Å². The zero-order valence-electron chi connectivity index (χ0n) is 18.1. The van der Waals surface area contributed by atoms with Gasteiger partial charge in [0.1, 0.15) is 23.6 Å². The van der Waals surface area contributed by atoms with E-state index < -0.39 is 0 Å². The van der Waals surface area contributed by atoms with Crippen molar-refractivity contribution in [1.82, 2.24) is 15.0 Å². The molecule has 0 spiro atoms. The molecule has 2 heterocycles. The van der Waals surface area contributed by atoms with E-state index in [2.05, 4.69) is 25.6 Å². The predicted molar refractivity (Wildman–Crippen MR) is 133 cm³/mol. The average molecular weight is 456 g/mol. The molecular formula is C25H21N5O2S. The van der Waals surface area contributed by atoms with Gasteiger partial charge in [0, 0.05) is 29.2 Å². The van der Waals surface area contributed by atoms with Gasteiger partial charge in [-0.1, -0.05) is 6.92 Å². The molecule has 0 aliphatic rings. The van der Waals surface area contributed by atoms with Gasteiger partial charge in [0.15, 0.2) is 0 Å². The van der Waals surface area contributed by atoms with Crippen molar-refractivity contribution in [3.05, 3.63) is 72.0 Å². The van der Waals surface area contributed by atoms with E-state index in [0.29, 0.717) is 17.9 Å². The molecule has 164 valence electrons. The van der Waals surface area contributed by atoms with Crippen LogP contribution in [0, 0.1) is 6.92 Å². The second-order valence-corrected chi connectivity index (χ2v) is 8.43. The Morgan fingerprint density at radius 2 is 1.85 bits per heavy atom. The number of aryl methyl sites for hydroxylation is 1. The summed E-state index contributed by atoms with van der Waals surface area (Å²) >= 11 is 1.61. The average Bonchev–Trinajstić information content (AvgIpc) is 3.29. The molecule has 8 heteroatoms. The van der Waals surface area contributed by atoms with Gasteiger partial charge in [-0.3, -0.25) is 4.79 Å². The fourth-order valence-corrected chi connectivity index (χ4v) is 4.15. The molecule has 0 aliphatic heterocycles. The van der Waals surface area contributed by atoms with Gasteiger partial charge >= 0.3 is 0 Å². The quantitative estimate of drug-likeness (QED) is 0.307. The highest BCUT2D eigenvalue weighted by Gasteiger charge is 2.09. The molecule has 5 aromatic rings. The van der Waals surface area contributed by atoms with Gasteiger partial charge in [-0.2, -0.15) is 0 Å². The zero-order valence-corrected chi connectivity index (χ0v) is 18.9. The Morgan fingerprint density at radius 1 is 0.970 bits per heavy atom. The minimum atomic E-state index is -0.0409. The van der Waals surface area contributed by atoms with E-state index in [4.69, 9.17) is 4.74 Å². The molecule has 0 aliphatic carbocycles. The smallest absolute Gasteiger partial charge is 0.224 e. The van der Waals surface area contributed by atoms with Crippen LogP contribution in [0.4, 0.5) is 17.2 Å². The van der Waals surface area contributed by atoms with E-state index >= 15 is 0 Å². The lowest BCUT2D eigenvalue weighted by Gasteiger charge is -2.13. The molecule has 1 amide bonds. The van der Waals surface area contributed by atoms with Crippen LogP contribution in [0.25, 0.3) is 21.1 Å². The number of hydrogen-bond acceptors (Lipinski definition) is 7. The highest BCUT2D eigenvalue weighted by Crippen LogP contribution is 2.32. The first-order valence-electron chi connectivity index (χ1n) is 10.5. The van der Waals surface area contributed by atoms with Crippen molar-refractivity contribution in [3.63, 3.8) is 0 Å². The fraction of sp³-hybridized carbons (Fsp3) is 0.120. The van der Waals surface area contributed by atoms with Gasteiger partial charge in [0.2, 0.25) is 5.91 Å². The number of hydrogen-bond donors (Lipinski definition) is 2. The summed E-state index contributed by atoms with van der Waals surface area (Å²) in [6.45, 7) is 3.82. The number of benzene rings is 3. The van der Waals surface area contributed by atoms with Crippen LogP contribution in [0.2, 0.25) is 0 Å². The number of ether oxygens (including phenoxy) is 1. The van der Waals surface area contributed by atoms with Crippen LogP contribution in [0.1, 0.15) is 18.9 Å². The number of aromatic nitrogens is 3. The van der Waals surface area contributed by atoms with Gasteiger partial charge in [-0.05, 0) is 61.0 Å². The summed E-state index contributed by atoms with van der Waals surface area (Å²) in [5.74, 6) is 2.14. The Kier molecular flexibility index (Phi) is 5.58. The van der Waals surface area contributed by atoms with Crippen LogP contribution in [-0.2, 0) is 4.79 Å². The van der Waals surface area contributed by atoms with E-state index in [1.54, 1.807) is 11.3 Å². The molecule has 0 atom stereocenters. The lowest BCUT2D eigenvalue weighted by molar-refractivity contribution is -0.115. The topological polar surface area (TPSA) is 89.0 Å². The Hall–Kier alpha value is -4.04. The first-order chi connectivity index (χ1) is 16.1. The molecule has 0 bridgehead atoms. The number of carbonyl (C=O) groups excluding carboxylic acids is 1. The summed E-state index contributed by atoms with van der Waals surface area (Å²) in [7, 11) is 0. The van der Waals surface area contributed by atoms with Crippen molar-refractivity contribution < 1.29 is 9.53 Å². The van der Waals surface area contributed by atoms with Gasteiger partial charge in [-0.25, -0.2) is 15.0 Å². The van der Waals surface area contributed by atoms with Crippen molar-refractivity contribution >= 4 is 55.6 Å². The Bertz CT molecular complexity index is 1480. The van der Waals surface area contributed by atoms with Gasteiger partial charge in [-0.15, -0.1) is 11.3 Å². The molecule has 5 rings (SSSR count).